The number of hydrogen-bond acceptors (Lipinski definition) is 3. The van der Waals surface area contributed by atoms with Gasteiger partial charge in [-0.2, -0.15) is 5.26 Å². The van der Waals surface area contributed by atoms with Crippen LogP contribution in [0.25, 0.3) is 0 Å². The number of methoxy groups -OCH3 is 1. The molecule has 0 amide bonds. The number of rotatable bonds is 2. The molecule has 0 aliphatic heterocycles. The largest absolute Gasteiger partial charge is 0.504 e. The molecular weight excluding hydrogens is 246 g/mol. The van der Waals surface area contributed by atoms with Crippen LogP contribution in [0.5, 0.6) is 11.5 Å². The second-order valence-electron chi connectivity index (χ2n) is 2.87. The minimum absolute atomic E-state index is 0.0425. The molecule has 4 heteroatoms. The fourth-order valence-corrected chi connectivity index (χ4v) is 1.97. The van der Waals surface area contributed by atoms with E-state index in [-0.39, 0.29) is 12.2 Å². The summed E-state index contributed by atoms with van der Waals surface area (Å²) >= 11 is 3.28. The van der Waals surface area contributed by atoms with Crippen LogP contribution in [0.2, 0.25) is 0 Å². The molecule has 0 aliphatic rings. The van der Waals surface area contributed by atoms with Crippen molar-refractivity contribution in [1.82, 2.24) is 0 Å². The number of nitriles is 1. The third kappa shape index (κ3) is 1.83. The summed E-state index contributed by atoms with van der Waals surface area (Å²) in [4.78, 5) is 0. The van der Waals surface area contributed by atoms with Crippen LogP contribution in [-0.2, 0) is 6.42 Å². The van der Waals surface area contributed by atoms with Crippen LogP contribution in [0.4, 0.5) is 0 Å². The molecule has 3 nitrogen and oxygen atoms in total. The van der Waals surface area contributed by atoms with Gasteiger partial charge in [-0.25, -0.2) is 0 Å². The SMILES string of the molecule is COc1c(Br)cc(C)c(CC#N)c1O. The number of ether oxygens (including phenoxy) is 1. The average Bonchev–Trinajstić information content (AvgIpc) is 2.12. The standard InChI is InChI=1S/C10H10BrNO2/c1-6-5-8(11)10(14-2)9(13)7(6)3-4-12/h5,13H,3H2,1-2H3. The van der Waals surface area contributed by atoms with Gasteiger partial charge in [-0.05, 0) is 34.5 Å². The summed E-state index contributed by atoms with van der Waals surface area (Å²) in [5.41, 5.74) is 1.49. The fourth-order valence-electron chi connectivity index (χ4n) is 1.28. The van der Waals surface area contributed by atoms with Gasteiger partial charge in [0.05, 0.1) is 24.1 Å². The van der Waals surface area contributed by atoms with Crippen molar-refractivity contribution in [2.45, 2.75) is 13.3 Å². The van der Waals surface area contributed by atoms with E-state index in [0.29, 0.717) is 15.8 Å². The van der Waals surface area contributed by atoms with E-state index in [2.05, 4.69) is 15.9 Å². The van der Waals surface area contributed by atoms with Gasteiger partial charge in [0.2, 0.25) is 0 Å². The molecular formula is C10H10BrNO2. The molecule has 1 rings (SSSR count). The Hall–Kier alpha value is -1.21. The molecule has 0 saturated heterocycles. The van der Waals surface area contributed by atoms with Crippen molar-refractivity contribution in [3.8, 4) is 17.6 Å². The zero-order valence-electron chi connectivity index (χ0n) is 7.97. The van der Waals surface area contributed by atoms with Crippen molar-refractivity contribution in [1.29, 1.82) is 5.26 Å². The lowest BCUT2D eigenvalue weighted by Crippen LogP contribution is -1.94. The van der Waals surface area contributed by atoms with Crippen molar-refractivity contribution in [3.05, 3.63) is 21.7 Å². The maximum atomic E-state index is 9.78. The highest BCUT2D eigenvalue weighted by atomic mass is 79.9. The number of aryl methyl sites for hydroxylation is 1. The first-order chi connectivity index (χ1) is 6.61. The van der Waals surface area contributed by atoms with E-state index in [4.69, 9.17) is 10.00 Å². The summed E-state index contributed by atoms with van der Waals surface area (Å²) in [6.07, 6.45) is 0.182. The third-order valence-electron chi connectivity index (χ3n) is 2.00. The van der Waals surface area contributed by atoms with Crippen LogP contribution in [0.15, 0.2) is 10.5 Å². The van der Waals surface area contributed by atoms with E-state index in [9.17, 15) is 5.11 Å². The van der Waals surface area contributed by atoms with Gasteiger partial charge in [0, 0.05) is 5.56 Å². The Labute approximate surface area is 91.1 Å². The first-order valence-corrected chi connectivity index (χ1v) is 4.83. The molecule has 0 fully saturated rings. The molecule has 0 saturated carbocycles. The summed E-state index contributed by atoms with van der Waals surface area (Å²) in [5.74, 6) is 0.418. The topological polar surface area (TPSA) is 53.2 Å². The number of hydrogen-bond donors (Lipinski definition) is 1. The van der Waals surface area contributed by atoms with Crippen molar-refractivity contribution in [3.63, 3.8) is 0 Å². The summed E-state index contributed by atoms with van der Waals surface area (Å²) in [7, 11) is 1.48. The predicted octanol–water partition coefficient (Wildman–Crippen LogP) is 2.54. The van der Waals surface area contributed by atoms with Crippen molar-refractivity contribution in [2.75, 3.05) is 7.11 Å². The highest BCUT2D eigenvalue weighted by Gasteiger charge is 2.14. The van der Waals surface area contributed by atoms with Crippen LogP contribution in [0, 0.1) is 18.3 Å². The summed E-state index contributed by atoms with van der Waals surface area (Å²) in [6, 6.07) is 3.83. The molecule has 14 heavy (non-hydrogen) atoms. The zero-order chi connectivity index (χ0) is 10.7. The molecule has 0 aromatic heterocycles. The number of aromatic hydroxyl groups is 1. The van der Waals surface area contributed by atoms with E-state index < -0.39 is 0 Å². The maximum absolute atomic E-state index is 9.78. The Kier molecular flexibility index (Phi) is 3.37. The van der Waals surface area contributed by atoms with E-state index in [1.54, 1.807) is 0 Å². The zero-order valence-corrected chi connectivity index (χ0v) is 9.55. The van der Waals surface area contributed by atoms with Crippen LogP contribution >= 0.6 is 15.9 Å². The first kappa shape index (κ1) is 10.9. The molecule has 0 bridgehead atoms. The predicted molar refractivity (Wildman–Crippen MR) is 56.4 cm³/mol. The Balaban J connectivity index is 3.37. The highest BCUT2D eigenvalue weighted by molar-refractivity contribution is 9.10. The highest BCUT2D eigenvalue weighted by Crippen LogP contribution is 2.39. The summed E-state index contributed by atoms with van der Waals surface area (Å²) in [5, 5.41) is 18.4. The summed E-state index contributed by atoms with van der Waals surface area (Å²) < 4.78 is 5.70. The minimum atomic E-state index is 0.0425. The Morgan fingerprint density at radius 3 is 2.79 bits per heavy atom. The monoisotopic (exact) mass is 255 g/mol. The van der Waals surface area contributed by atoms with Crippen molar-refractivity contribution < 1.29 is 9.84 Å². The minimum Gasteiger partial charge on any atom is -0.504 e. The Bertz CT molecular complexity index is 396. The second kappa shape index (κ2) is 4.34. The van der Waals surface area contributed by atoms with Crippen LogP contribution in [0.1, 0.15) is 11.1 Å². The first-order valence-electron chi connectivity index (χ1n) is 4.03. The van der Waals surface area contributed by atoms with Gasteiger partial charge in [-0.1, -0.05) is 0 Å². The van der Waals surface area contributed by atoms with Gasteiger partial charge in [-0.15, -0.1) is 0 Å². The van der Waals surface area contributed by atoms with Gasteiger partial charge in [0.15, 0.2) is 11.5 Å². The van der Waals surface area contributed by atoms with Crippen LogP contribution in [-0.4, -0.2) is 12.2 Å². The quantitative estimate of drug-likeness (QED) is 0.884. The molecule has 0 radical (unpaired) electrons. The lowest BCUT2D eigenvalue weighted by molar-refractivity contribution is 0.368. The molecule has 1 N–H and O–H groups in total. The van der Waals surface area contributed by atoms with Crippen molar-refractivity contribution in [2.24, 2.45) is 0 Å². The van der Waals surface area contributed by atoms with E-state index in [1.165, 1.54) is 7.11 Å². The summed E-state index contributed by atoms with van der Waals surface area (Å²) in [6.45, 7) is 1.84. The molecule has 0 atom stereocenters. The van der Waals surface area contributed by atoms with Gasteiger partial charge in [-0.3, -0.25) is 0 Å². The van der Waals surface area contributed by atoms with Gasteiger partial charge < -0.3 is 9.84 Å². The fraction of sp³-hybridized carbons (Fsp3) is 0.300. The van der Waals surface area contributed by atoms with Gasteiger partial charge >= 0.3 is 0 Å². The van der Waals surface area contributed by atoms with Gasteiger partial charge in [0.25, 0.3) is 0 Å². The van der Waals surface area contributed by atoms with E-state index >= 15 is 0 Å². The van der Waals surface area contributed by atoms with Crippen LogP contribution < -0.4 is 4.74 Å². The number of benzene rings is 1. The van der Waals surface area contributed by atoms with E-state index in [1.807, 2.05) is 19.1 Å². The number of halogens is 1. The molecule has 0 heterocycles. The van der Waals surface area contributed by atoms with Crippen LogP contribution in [0.3, 0.4) is 0 Å². The number of nitrogens with zero attached hydrogens (tertiary/aromatic N) is 1. The molecule has 1 aromatic carbocycles. The Morgan fingerprint density at radius 1 is 1.64 bits per heavy atom. The molecule has 74 valence electrons. The molecule has 0 unspecified atom stereocenters. The average molecular weight is 256 g/mol. The molecule has 0 aliphatic carbocycles. The van der Waals surface area contributed by atoms with Crippen molar-refractivity contribution >= 4 is 15.9 Å². The lowest BCUT2D eigenvalue weighted by atomic mass is 10.0. The molecule has 1 aromatic rings. The normalized spacial score (nSPS) is 9.57. The second-order valence-corrected chi connectivity index (χ2v) is 3.72. The maximum Gasteiger partial charge on any atom is 0.175 e. The number of phenols is 1. The lowest BCUT2D eigenvalue weighted by Gasteiger charge is -2.11. The third-order valence-corrected chi connectivity index (χ3v) is 2.59. The van der Waals surface area contributed by atoms with E-state index in [0.717, 1.165) is 5.56 Å². The Morgan fingerprint density at radius 2 is 2.29 bits per heavy atom. The number of phenolic OH excluding ortho intramolecular Hbond substituents is 1. The smallest absolute Gasteiger partial charge is 0.175 e. The van der Waals surface area contributed by atoms with Gasteiger partial charge in [0.1, 0.15) is 0 Å². The molecule has 0 spiro atoms.